The molecule has 9 nitrogen and oxygen atoms in total. The zero-order valence-corrected chi connectivity index (χ0v) is 21.0. The predicted octanol–water partition coefficient (Wildman–Crippen LogP) is 3.80. The van der Waals surface area contributed by atoms with Crippen LogP contribution in [0.4, 0.5) is 23.7 Å². The second-order valence-corrected chi connectivity index (χ2v) is 9.38. The maximum atomic E-state index is 12.3. The summed E-state index contributed by atoms with van der Waals surface area (Å²) < 4.78 is 38.8. The summed E-state index contributed by atoms with van der Waals surface area (Å²) in [4.78, 5) is 24.2. The number of β-amino-alcohol motifs (C(OH)–C–C–N with tert-alkyl or cyclic N) is 1. The summed E-state index contributed by atoms with van der Waals surface area (Å²) in [6.07, 6.45) is 2.39. The van der Waals surface area contributed by atoms with E-state index < -0.39 is 18.8 Å². The fraction of sp³-hybridized carbons (Fsp3) is 0.462. The molecule has 0 radical (unpaired) electrons. The van der Waals surface area contributed by atoms with E-state index in [-0.39, 0.29) is 6.61 Å². The summed E-state index contributed by atoms with van der Waals surface area (Å²) in [7, 11) is 0. The number of nitrogens with one attached hydrogen (secondary N) is 3. The molecule has 4 N–H and O–H groups in total. The second-order valence-electron chi connectivity index (χ2n) is 9.38. The zero-order chi connectivity index (χ0) is 27.0. The summed E-state index contributed by atoms with van der Waals surface area (Å²) in [5.74, 6) is 0.648. The number of anilines is 1. The molecule has 206 valence electrons. The smallest absolute Gasteiger partial charge is 0.395 e. The van der Waals surface area contributed by atoms with Crippen LogP contribution in [0.15, 0.2) is 48.8 Å². The third-order valence-corrected chi connectivity index (χ3v) is 6.57. The van der Waals surface area contributed by atoms with Crippen molar-refractivity contribution in [3.05, 3.63) is 54.4 Å². The lowest BCUT2D eigenvalue weighted by Crippen LogP contribution is -2.36. The number of amides is 2. The number of halogens is 3. The molecule has 0 saturated carbocycles. The largest absolute Gasteiger partial charge is 0.405 e. The van der Waals surface area contributed by atoms with Gasteiger partial charge in [0, 0.05) is 30.5 Å². The molecule has 4 rings (SSSR count). The number of rotatable bonds is 11. The molecule has 0 atom stereocenters. The Balaban J connectivity index is 1.26. The van der Waals surface area contributed by atoms with Crippen LogP contribution in [0.25, 0.3) is 16.9 Å². The van der Waals surface area contributed by atoms with Crippen molar-refractivity contribution in [2.45, 2.75) is 32.0 Å². The first kappa shape index (κ1) is 27.8. The number of nitrogens with zero attached hydrogens (tertiary/aromatic N) is 3. The van der Waals surface area contributed by atoms with E-state index in [0.717, 1.165) is 61.4 Å². The molecular weight excluding hydrogens is 501 g/mol. The fourth-order valence-electron chi connectivity index (χ4n) is 4.53. The molecule has 12 heteroatoms. The van der Waals surface area contributed by atoms with E-state index in [4.69, 9.17) is 9.94 Å². The van der Waals surface area contributed by atoms with Gasteiger partial charge in [0.05, 0.1) is 25.1 Å². The highest BCUT2D eigenvalue weighted by Crippen LogP contribution is 2.24. The zero-order valence-electron chi connectivity index (χ0n) is 21.0. The van der Waals surface area contributed by atoms with Gasteiger partial charge in [0.2, 0.25) is 0 Å². The number of aliphatic hydroxyl groups excluding tert-OH is 1. The van der Waals surface area contributed by atoms with Crippen LogP contribution in [0.2, 0.25) is 0 Å². The van der Waals surface area contributed by atoms with E-state index >= 15 is 0 Å². The first-order valence-corrected chi connectivity index (χ1v) is 12.7. The number of urea groups is 1. The van der Waals surface area contributed by atoms with Crippen molar-refractivity contribution in [2.75, 3.05) is 44.7 Å². The summed E-state index contributed by atoms with van der Waals surface area (Å²) in [5, 5.41) is 13.3. The Labute approximate surface area is 218 Å². The molecule has 1 aromatic carbocycles. The monoisotopic (exact) mass is 534 g/mol. The van der Waals surface area contributed by atoms with Crippen LogP contribution >= 0.6 is 0 Å². The lowest BCUT2D eigenvalue weighted by atomic mass is 9.94. The number of hydrogen-bond acceptors (Lipinski definition) is 6. The van der Waals surface area contributed by atoms with Crippen molar-refractivity contribution in [2.24, 2.45) is 5.92 Å². The molecule has 0 bridgehead atoms. The number of piperidine rings is 1. The van der Waals surface area contributed by atoms with E-state index in [1.807, 2.05) is 28.8 Å². The van der Waals surface area contributed by atoms with E-state index in [1.165, 1.54) is 0 Å². The normalized spacial score (nSPS) is 15.2. The summed E-state index contributed by atoms with van der Waals surface area (Å²) in [6.45, 7) is 2.79. The van der Waals surface area contributed by atoms with Gasteiger partial charge in [-0.1, -0.05) is 12.1 Å². The van der Waals surface area contributed by atoms with E-state index in [2.05, 4.69) is 20.7 Å². The van der Waals surface area contributed by atoms with Crippen molar-refractivity contribution in [3.63, 3.8) is 0 Å². The molecule has 0 aliphatic carbocycles. The topological polar surface area (TPSA) is 103 Å². The van der Waals surface area contributed by atoms with Gasteiger partial charge in [-0.15, -0.1) is 0 Å². The summed E-state index contributed by atoms with van der Waals surface area (Å²) >= 11 is 0. The highest BCUT2D eigenvalue weighted by molar-refractivity contribution is 5.90. The number of fused-ring (bicyclic) bond motifs is 1. The molecule has 1 aliphatic heterocycles. The van der Waals surface area contributed by atoms with Gasteiger partial charge < -0.3 is 25.5 Å². The van der Waals surface area contributed by atoms with Gasteiger partial charge in [-0.25, -0.2) is 9.78 Å². The first-order valence-electron chi connectivity index (χ1n) is 12.7. The van der Waals surface area contributed by atoms with Crippen LogP contribution in [0.5, 0.6) is 0 Å². The van der Waals surface area contributed by atoms with Gasteiger partial charge in [-0.3, -0.25) is 4.40 Å². The number of imidazole rings is 1. The van der Waals surface area contributed by atoms with Crippen LogP contribution in [0.3, 0.4) is 0 Å². The maximum Gasteiger partial charge on any atom is 0.405 e. The first-order chi connectivity index (χ1) is 18.3. The molecule has 0 spiro atoms. The summed E-state index contributed by atoms with van der Waals surface area (Å²) in [6, 6.07) is 9.80. The number of hydroxylamine groups is 1. The van der Waals surface area contributed by atoms with Gasteiger partial charge in [0.1, 0.15) is 12.2 Å². The van der Waals surface area contributed by atoms with E-state index in [1.54, 1.807) is 29.7 Å². The molecular formula is C26H33F3N6O3. The minimum atomic E-state index is -4.48. The Bertz CT molecular complexity index is 1190. The minimum Gasteiger partial charge on any atom is -0.395 e. The van der Waals surface area contributed by atoms with Crippen LogP contribution in [0.1, 0.15) is 24.8 Å². The highest BCUT2D eigenvalue weighted by Gasteiger charge is 2.27. The number of likely N-dealkylation sites (tertiary alicyclic amines) is 1. The van der Waals surface area contributed by atoms with Gasteiger partial charge in [0.15, 0.2) is 0 Å². The Kier molecular flexibility index (Phi) is 9.56. The molecule has 2 aromatic heterocycles. The molecule has 3 heterocycles. The average Bonchev–Trinajstić information content (AvgIpc) is 3.32. The van der Waals surface area contributed by atoms with Crippen LogP contribution in [0, 0.1) is 5.92 Å². The number of alkyl halides is 3. The molecule has 38 heavy (non-hydrogen) atoms. The third kappa shape index (κ3) is 8.15. The number of aromatic nitrogens is 2. The van der Waals surface area contributed by atoms with Crippen molar-refractivity contribution in [1.29, 1.82) is 0 Å². The van der Waals surface area contributed by atoms with Crippen molar-refractivity contribution in [3.8, 4) is 11.3 Å². The SMILES string of the molecule is O=C(NCC(F)(F)F)Nc1cccc(-c2cnc3cc(CNOCCC4CCN(CCO)CC4)ccn23)c1. The Hall–Kier alpha value is -3.19. The number of pyridine rings is 1. The number of aliphatic hydroxyl groups is 1. The van der Waals surface area contributed by atoms with E-state index in [9.17, 15) is 18.0 Å². The van der Waals surface area contributed by atoms with Crippen LogP contribution in [-0.4, -0.2) is 71.0 Å². The Morgan fingerprint density at radius 2 is 2.00 bits per heavy atom. The average molecular weight is 535 g/mol. The minimum absolute atomic E-state index is 0.214. The molecule has 2 amide bonds. The quantitative estimate of drug-likeness (QED) is 0.221. The van der Waals surface area contributed by atoms with Gasteiger partial charge in [-0.2, -0.15) is 18.7 Å². The van der Waals surface area contributed by atoms with Gasteiger partial charge >= 0.3 is 12.2 Å². The van der Waals surface area contributed by atoms with Crippen molar-refractivity contribution in [1.82, 2.24) is 25.1 Å². The standard InChI is InChI=1S/C26H33F3N6O3/c27-26(28,29)18-31-25(37)33-22-3-1-2-21(15-22)23-17-30-24-14-20(6-10-35(23)24)16-32-38-13-7-19-4-8-34(9-5-19)11-12-36/h1-3,6,10,14-15,17,19,32,36H,4-5,7-9,11-13,16,18H2,(H2,31,33,37). The lowest BCUT2D eigenvalue weighted by Gasteiger charge is -2.31. The van der Waals surface area contributed by atoms with Crippen LogP contribution < -0.4 is 16.1 Å². The van der Waals surface area contributed by atoms with Crippen LogP contribution in [-0.2, 0) is 11.4 Å². The number of hydrogen-bond donors (Lipinski definition) is 4. The fourth-order valence-corrected chi connectivity index (χ4v) is 4.53. The van der Waals surface area contributed by atoms with E-state index in [0.29, 0.717) is 24.8 Å². The predicted molar refractivity (Wildman–Crippen MR) is 137 cm³/mol. The lowest BCUT2D eigenvalue weighted by molar-refractivity contribution is -0.122. The molecule has 0 unspecified atom stereocenters. The maximum absolute atomic E-state index is 12.3. The molecule has 1 aliphatic rings. The molecule has 3 aromatic rings. The molecule has 1 fully saturated rings. The highest BCUT2D eigenvalue weighted by atomic mass is 19.4. The van der Waals surface area contributed by atoms with Crippen molar-refractivity contribution >= 4 is 17.4 Å². The Morgan fingerprint density at radius 3 is 2.76 bits per heavy atom. The second kappa shape index (κ2) is 13.1. The van der Waals surface area contributed by atoms with Gasteiger partial charge in [0.25, 0.3) is 0 Å². The van der Waals surface area contributed by atoms with Gasteiger partial charge in [-0.05, 0) is 68.1 Å². The molecule has 1 saturated heterocycles. The number of carbonyl (C=O) groups excluding carboxylic acids is 1. The Morgan fingerprint density at radius 1 is 1.18 bits per heavy atom. The number of benzene rings is 1. The van der Waals surface area contributed by atoms with Crippen molar-refractivity contribution < 1.29 is 27.9 Å². The third-order valence-electron chi connectivity index (χ3n) is 6.57. The number of carbonyl (C=O) groups is 1. The summed E-state index contributed by atoms with van der Waals surface area (Å²) in [5.41, 5.74) is 6.65.